The molecular weight excluding hydrogens is 376 g/mol. The number of benzene rings is 2. The summed E-state index contributed by atoms with van der Waals surface area (Å²) in [6.07, 6.45) is 0. The van der Waals surface area contributed by atoms with Crippen LogP contribution in [0.5, 0.6) is 5.75 Å². The van der Waals surface area contributed by atoms with E-state index in [-0.39, 0.29) is 18.0 Å². The zero-order valence-electron chi connectivity index (χ0n) is 14.7. The molecule has 0 spiro atoms. The Balaban J connectivity index is 1.82. The van der Waals surface area contributed by atoms with Crippen molar-refractivity contribution in [2.75, 3.05) is 18.5 Å². The number of aryl methyl sites for hydroxylation is 2. The number of esters is 1. The fourth-order valence-electron chi connectivity index (χ4n) is 2.18. The summed E-state index contributed by atoms with van der Waals surface area (Å²) in [6.45, 7) is 2.46. The third kappa shape index (κ3) is 5.96. The number of ether oxygens (including phenoxy) is 2. The normalized spacial score (nSPS) is 10.2. The van der Waals surface area contributed by atoms with Crippen LogP contribution in [0.15, 0.2) is 36.4 Å². The Morgan fingerprint density at radius 3 is 2.52 bits per heavy atom. The van der Waals surface area contributed by atoms with Crippen molar-refractivity contribution >= 4 is 34.9 Å². The lowest BCUT2D eigenvalue weighted by atomic mass is 10.2. The number of carbonyl (C=O) groups excluding carboxylic acids is 2. The molecule has 2 rings (SSSR count). The van der Waals surface area contributed by atoms with Crippen LogP contribution in [0.25, 0.3) is 0 Å². The Morgan fingerprint density at radius 2 is 1.85 bits per heavy atom. The third-order valence-electron chi connectivity index (χ3n) is 3.54. The number of hydrogen-bond donors (Lipinski definition) is 1. The molecule has 27 heavy (non-hydrogen) atoms. The second-order valence-corrected chi connectivity index (χ2v) is 6.10. The first kappa shape index (κ1) is 20.2. The Morgan fingerprint density at radius 1 is 1.11 bits per heavy atom. The number of nitrogens with one attached hydrogen (secondary N) is 1. The molecule has 0 fully saturated rings. The predicted molar refractivity (Wildman–Crippen MR) is 99.1 cm³/mol. The maximum atomic E-state index is 11.8. The molecular formula is C18H17ClN2O6. The second-order valence-electron chi connectivity index (χ2n) is 5.67. The van der Waals surface area contributed by atoms with Gasteiger partial charge in [-0.05, 0) is 43.7 Å². The summed E-state index contributed by atoms with van der Waals surface area (Å²) >= 11 is 5.84. The van der Waals surface area contributed by atoms with Crippen molar-refractivity contribution in [3.05, 3.63) is 62.7 Å². The van der Waals surface area contributed by atoms with Gasteiger partial charge in [0.15, 0.2) is 13.2 Å². The summed E-state index contributed by atoms with van der Waals surface area (Å²) in [5, 5.41) is 13.9. The van der Waals surface area contributed by atoms with Gasteiger partial charge in [-0.25, -0.2) is 4.79 Å². The molecule has 0 aliphatic heterocycles. The van der Waals surface area contributed by atoms with Crippen molar-refractivity contribution in [1.82, 2.24) is 0 Å². The van der Waals surface area contributed by atoms with Gasteiger partial charge >= 0.3 is 5.97 Å². The first-order valence-electron chi connectivity index (χ1n) is 7.85. The summed E-state index contributed by atoms with van der Waals surface area (Å²) in [4.78, 5) is 33.9. The smallest absolute Gasteiger partial charge is 0.344 e. The highest BCUT2D eigenvalue weighted by molar-refractivity contribution is 6.30. The van der Waals surface area contributed by atoms with Crippen LogP contribution in [0.2, 0.25) is 5.02 Å². The topological polar surface area (TPSA) is 108 Å². The van der Waals surface area contributed by atoms with Gasteiger partial charge in [0.05, 0.1) is 4.92 Å². The Labute approximate surface area is 160 Å². The highest BCUT2D eigenvalue weighted by atomic mass is 35.5. The molecule has 1 N–H and O–H groups in total. The number of carbonyl (C=O) groups is 2. The fraction of sp³-hybridized carbons (Fsp3) is 0.222. The van der Waals surface area contributed by atoms with Gasteiger partial charge in [0.25, 0.3) is 11.6 Å². The Bertz CT molecular complexity index is 884. The largest absolute Gasteiger partial charge is 0.482 e. The molecule has 8 nitrogen and oxygen atoms in total. The summed E-state index contributed by atoms with van der Waals surface area (Å²) in [7, 11) is 0. The van der Waals surface area contributed by atoms with Gasteiger partial charge < -0.3 is 14.8 Å². The molecule has 0 saturated heterocycles. The van der Waals surface area contributed by atoms with Crippen LogP contribution in [0.3, 0.4) is 0 Å². The van der Waals surface area contributed by atoms with Crippen LogP contribution in [0, 0.1) is 24.0 Å². The van der Waals surface area contributed by atoms with Crippen molar-refractivity contribution in [3.63, 3.8) is 0 Å². The first-order valence-corrected chi connectivity index (χ1v) is 8.23. The molecule has 0 heterocycles. The fourth-order valence-corrected chi connectivity index (χ4v) is 2.41. The lowest BCUT2D eigenvalue weighted by Gasteiger charge is -2.10. The number of nitrogens with zero attached hydrogens (tertiary/aromatic N) is 1. The van der Waals surface area contributed by atoms with E-state index in [0.717, 1.165) is 5.56 Å². The highest BCUT2D eigenvalue weighted by Crippen LogP contribution is 2.23. The van der Waals surface area contributed by atoms with E-state index in [1.807, 2.05) is 0 Å². The maximum Gasteiger partial charge on any atom is 0.344 e. The van der Waals surface area contributed by atoms with Gasteiger partial charge in [-0.15, -0.1) is 0 Å². The van der Waals surface area contributed by atoms with Crippen molar-refractivity contribution in [2.45, 2.75) is 13.8 Å². The monoisotopic (exact) mass is 392 g/mol. The highest BCUT2D eigenvalue weighted by Gasteiger charge is 2.14. The summed E-state index contributed by atoms with van der Waals surface area (Å²) in [5.41, 5.74) is 1.35. The van der Waals surface area contributed by atoms with Gasteiger partial charge in [0.1, 0.15) is 5.75 Å². The van der Waals surface area contributed by atoms with E-state index in [0.29, 0.717) is 16.3 Å². The molecule has 142 valence electrons. The quantitative estimate of drug-likeness (QED) is 0.439. The second kappa shape index (κ2) is 9.00. The van der Waals surface area contributed by atoms with E-state index < -0.39 is 23.4 Å². The first-order chi connectivity index (χ1) is 12.8. The minimum absolute atomic E-state index is 0.114. The van der Waals surface area contributed by atoms with Crippen molar-refractivity contribution in [1.29, 1.82) is 0 Å². The summed E-state index contributed by atoms with van der Waals surface area (Å²) in [6, 6.07) is 9.22. The van der Waals surface area contributed by atoms with Gasteiger partial charge in [-0.3, -0.25) is 14.9 Å². The molecule has 0 bridgehead atoms. The van der Waals surface area contributed by atoms with E-state index >= 15 is 0 Å². The molecule has 0 saturated carbocycles. The molecule has 0 unspecified atom stereocenters. The Kier molecular flexibility index (Phi) is 6.73. The molecule has 0 radical (unpaired) electrons. The van der Waals surface area contributed by atoms with E-state index in [9.17, 15) is 19.7 Å². The molecule has 0 atom stereocenters. The van der Waals surface area contributed by atoms with E-state index in [1.165, 1.54) is 18.2 Å². The number of hydrogen-bond acceptors (Lipinski definition) is 6. The van der Waals surface area contributed by atoms with Gasteiger partial charge in [0.2, 0.25) is 0 Å². The summed E-state index contributed by atoms with van der Waals surface area (Å²) in [5.74, 6) is -0.869. The number of amides is 1. The standard InChI is InChI=1S/C18H17ClN2O6/c1-11-3-5-14(8-15(11)21(24)25)20-17(22)9-27-18(23)10-26-16-6-4-13(19)7-12(16)2/h3-8H,9-10H2,1-2H3,(H,20,22). The minimum atomic E-state index is -0.727. The number of rotatable bonds is 7. The minimum Gasteiger partial charge on any atom is -0.482 e. The number of nitro benzene ring substituents is 1. The third-order valence-corrected chi connectivity index (χ3v) is 3.77. The molecule has 2 aromatic rings. The predicted octanol–water partition coefficient (Wildman–Crippen LogP) is 3.43. The van der Waals surface area contributed by atoms with E-state index in [4.69, 9.17) is 21.1 Å². The van der Waals surface area contributed by atoms with Crippen LogP contribution in [-0.2, 0) is 14.3 Å². The molecule has 2 aromatic carbocycles. The molecule has 9 heteroatoms. The number of halogens is 1. The van der Waals surface area contributed by atoms with Crippen molar-refractivity contribution < 1.29 is 24.0 Å². The van der Waals surface area contributed by atoms with E-state index in [2.05, 4.69) is 5.32 Å². The average Bonchev–Trinajstić information content (AvgIpc) is 2.60. The SMILES string of the molecule is Cc1cc(Cl)ccc1OCC(=O)OCC(=O)Nc1ccc(C)c([N+](=O)[O-])c1. The van der Waals surface area contributed by atoms with Crippen LogP contribution in [-0.4, -0.2) is 30.0 Å². The molecule has 1 amide bonds. The van der Waals surface area contributed by atoms with E-state index in [1.54, 1.807) is 32.0 Å². The van der Waals surface area contributed by atoms with Crippen molar-refractivity contribution in [3.8, 4) is 5.75 Å². The number of anilines is 1. The molecule has 0 aliphatic rings. The van der Waals surface area contributed by atoms with Crippen LogP contribution in [0.1, 0.15) is 11.1 Å². The lowest BCUT2D eigenvalue weighted by Crippen LogP contribution is -2.23. The summed E-state index contributed by atoms with van der Waals surface area (Å²) < 4.78 is 10.1. The van der Waals surface area contributed by atoms with Crippen molar-refractivity contribution in [2.24, 2.45) is 0 Å². The number of nitro groups is 1. The Hall–Kier alpha value is -3.13. The van der Waals surface area contributed by atoms with Crippen LogP contribution in [0.4, 0.5) is 11.4 Å². The zero-order chi connectivity index (χ0) is 20.0. The zero-order valence-corrected chi connectivity index (χ0v) is 15.4. The van der Waals surface area contributed by atoms with Crippen LogP contribution < -0.4 is 10.1 Å². The van der Waals surface area contributed by atoms with Crippen LogP contribution >= 0.6 is 11.6 Å². The lowest BCUT2D eigenvalue weighted by molar-refractivity contribution is -0.385. The van der Waals surface area contributed by atoms with Gasteiger partial charge in [0, 0.05) is 22.3 Å². The maximum absolute atomic E-state index is 11.8. The molecule has 0 aliphatic carbocycles. The average molecular weight is 393 g/mol. The van der Waals surface area contributed by atoms with Gasteiger partial charge in [-0.2, -0.15) is 0 Å². The molecule has 0 aromatic heterocycles. The van der Waals surface area contributed by atoms with Gasteiger partial charge in [-0.1, -0.05) is 17.7 Å².